The maximum atomic E-state index is 12.9. The molecular formula is C22H25FN2O4. The largest absolute Gasteiger partial charge is 0.507 e. The lowest BCUT2D eigenvalue weighted by Crippen LogP contribution is -2.47. The molecule has 2 amide bonds. The van der Waals surface area contributed by atoms with Crippen LogP contribution in [0.3, 0.4) is 0 Å². The summed E-state index contributed by atoms with van der Waals surface area (Å²) in [4.78, 5) is 28.8. The molecule has 1 N–H and O–H groups in total. The summed E-state index contributed by atoms with van der Waals surface area (Å²) in [5, 5.41) is 9.95. The van der Waals surface area contributed by atoms with Gasteiger partial charge in [-0.15, -0.1) is 0 Å². The first-order chi connectivity index (χ1) is 14.0. The van der Waals surface area contributed by atoms with Crippen molar-refractivity contribution >= 4 is 11.8 Å². The minimum Gasteiger partial charge on any atom is -0.507 e. The molecule has 0 bridgehead atoms. The van der Waals surface area contributed by atoms with Crippen LogP contribution in [0.25, 0.3) is 0 Å². The van der Waals surface area contributed by atoms with Gasteiger partial charge in [-0.05, 0) is 55.7 Å². The van der Waals surface area contributed by atoms with Gasteiger partial charge in [0.25, 0.3) is 5.91 Å². The number of likely N-dealkylation sites (N-methyl/N-ethyl adjacent to an activating group) is 1. The normalized spacial score (nSPS) is 15.9. The average molecular weight is 400 g/mol. The Morgan fingerprint density at radius 1 is 1.21 bits per heavy atom. The summed E-state index contributed by atoms with van der Waals surface area (Å²) in [5.41, 5.74) is 0.211. The number of phenolic OH excluding ortho intramolecular Hbond substituents is 1. The first-order valence-electron chi connectivity index (χ1n) is 9.69. The van der Waals surface area contributed by atoms with Crippen LogP contribution in [-0.2, 0) is 4.79 Å². The van der Waals surface area contributed by atoms with Gasteiger partial charge in [0.2, 0.25) is 5.91 Å². The van der Waals surface area contributed by atoms with Gasteiger partial charge in [0.1, 0.15) is 23.4 Å². The number of para-hydroxylation sites is 1. The molecule has 2 aromatic rings. The van der Waals surface area contributed by atoms with Crippen molar-refractivity contribution in [3.8, 4) is 11.5 Å². The summed E-state index contributed by atoms with van der Waals surface area (Å²) in [6.07, 6.45) is 1.96. The third kappa shape index (κ3) is 5.04. The summed E-state index contributed by atoms with van der Waals surface area (Å²) in [7, 11) is 1.71. The highest BCUT2D eigenvalue weighted by atomic mass is 19.1. The minimum absolute atomic E-state index is 0.0816. The smallest absolute Gasteiger partial charge is 0.258 e. The van der Waals surface area contributed by atoms with Crippen molar-refractivity contribution in [1.82, 2.24) is 9.80 Å². The highest BCUT2D eigenvalue weighted by Crippen LogP contribution is 2.25. The number of likely N-dealkylation sites (tertiary alicyclic amines) is 1. The number of nitrogens with zero attached hydrogens (tertiary/aromatic N) is 2. The number of hydrogen-bond donors (Lipinski definition) is 1. The topological polar surface area (TPSA) is 70.1 Å². The van der Waals surface area contributed by atoms with Crippen molar-refractivity contribution in [1.29, 1.82) is 0 Å². The predicted molar refractivity (Wildman–Crippen MR) is 106 cm³/mol. The van der Waals surface area contributed by atoms with Crippen molar-refractivity contribution in [3.05, 3.63) is 59.9 Å². The van der Waals surface area contributed by atoms with Crippen LogP contribution in [0.2, 0.25) is 0 Å². The zero-order valence-corrected chi connectivity index (χ0v) is 16.4. The van der Waals surface area contributed by atoms with E-state index in [9.17, 15) is 19.1 Å². The van der Waals surface area contributed by atoms with Crippen LogP contribution in [0, 0.1) is 5.82 Å². The fourth-order valence-corrected chi connectivity index (χ4v) is 3.46. The Morgan fingerprint density at radius 3 is 2.66 bits per heavy atom. The molecule has 0 radical (unpaired) electrons. The molecule has 1 unspecified atom stereocenters. The van der Waals surface area contributed by atoms with E-state index in [1.54, 1.807) is 47.2 Å². The molecule has 2 aromatic carbocycles. The van der Waals surface area contributed by atoms with Gasteiger partial charge in [0.05, 0.1) is 12.2 Å². The van der Waals surface area contributed by atoms with Crippen LogP contribution in [0.5, 0.6) is 11.5 Å². The number of benzene rings is 2. The molecule has 0 aromatic heterocycles. The number of phenols is 1. The Morgan fingerprint density at radius 2 is 1.93 bits per heavy atom. The Balaban J connectivity index is 1.52. The number of hydrogen-bond acceptors (Lipinski definition) is 4. The maximum Gasteiger partial charge on any atom is 0.258 e. The molecule has 29 heavy (non-hydrogen) atoms. The van der Waals surface area contributed by atoms with Crippen molar-refractivity contribution in [3.63, 3.8) is 0 Å². The third-order valence-electron chi connectivity index (χ3n) is 5.03. The van der Waals surface area contributed by atoms with Gasteiger partial charge < -0.3 is 19.6 Å². The van der Waals surface area contributed by atoms with Crippen LogP contribution in [0.15, 0.2) is 48.5 Å². The minimum atomic E-state index is -0.523. The fourth-order valence-electron chi connectivity index (χ4n) is 3.46. The fraction of sp³-hybridized carbons (Fsp3) is 0.364. The van der Waals surface area contributed by atoms with E-state index in [0.717, 1.165) is 6.42 Å². The molecule has 1 atom stereocenters. The quantitative estimate of drug-likeness (QED) is 0.726. The van der Waals surface area contributed by atoms with E-state index in [1.807, 2.05) is 0 Å². The summed E-state index contributed by atoms with van der Waals surface area (Å²) in [6.45, 7) is 1.37. The first kappa shape index (κ1) is 20.6. The number of aromatic hydroxyl groups is 1. The van der Waals surface area contributed by atoms with Gasteiger partial charge in [0, 0.05) is 20.1 Å². The molecule has 6 nitrogen and oxygen atoms in total. The molecule has 0 spiro atoms. The van der Waals surface area contributed by atoms with Gasteiger partial charge in [-0.25, -0.2) is 4.39 Å². The van der Waals surface area contributed by atoms with Gasteiger partial charge >= 0.3 is 0 Å². The lowest BCUT2D eigenvalue weighted by Gasteiger charge is -2.28. The maximum absolute atomic E-state index is 12.9. The van der Waals surface area contributed by atoms with Gasteiger partial charge in [0.15, 0.2) is 0 Å². The molecule has 0 saturated carbocycles. The third-order valence-corrected chi connectivity index (χ3v) is 5.03. The second kappa shape index (κ2) is 9.41. The van der Waals surface area contributed by atoms with E-state index in [-0.39, 0.29) is 28.9 Å². The highest BCUT2D eigenvalue weighted by molar-refractivity contribution is 5.99. The summed E-state index contributed by atoms with van der Waals surface area (Å²) in [6, 6.07) is 11.6. The molecule has 1 aliphatic rings. The zero-order chi connectivity index (χ0) is 20.8. The second-order valence-electron chi connectivity index (χ2n) is 7.09. The van der Waals surface area contributed by atoms with Crippen LogP contribution >= 0.6 is 0 Å². The second-order valence-corrected chi connectivity index (χ2v) is 7.09. The molecule has 1 heterocycles. The molecular weight excluding hydrogens is 375 g/mol. The molecule has 3 rings (SSSR count). The van der Waals surface area contributed by atoms with E-state index in [2.05, 4.69) is 0 Å². The number of amides is 2. The number of rotatable bonds is 7. The van der Waals surface area contributed by atoms with E-state index in [1.165, 1.54) is 18.2 Å². The molecule has 1 aliphatic heterocycles. The van der Waals surface area contributed by atoms with E-state index >= 15 is 0 Å². The van der Waals surface area contributed by atoms with E-state index in [4.69, 9.17) is 4.74 Å². The SMILES string of the molecule is CN(CCCOc1ccc(F)cc1)C(=O)C1CCCN1C(=O)c1ccccc1O. The summed E-state index contributed by atoms with van der Waals surface area (Å²) < 4.78 is 18.4. The van der Waals surface area contributed by atoms with Crippen molar-refractivity contribution < 1.29 is 23.8 Å². The van der Waals surface area contributed by atoms with Gasteiger partial charge in [-0.1, -0.05) is 12.1 Å². The molecule has 1 fully saturated rings. The molecule has 1 saturated heterocycles. The Kier molecular flexibility index (Phi) is 6.69. The average Bonchev–Trinajstić information content (AvgIpc) is 3.21. The lowest BCUT2D eigenvalue weighted by atomic mass is 10.1. The first-order valence-corrected chi connectivity index (χ1v) is 9.69. The number of halogens is 1. The van der Waals surface area contributed by atoms with Crippen molar-refractivity contribution in [2.45, 2.75) is 25.3 Å². The van der Waals surface area contributed by atoms with Gasteiger partial charge in [-0.3, -0.25) is 9.59 Å². The van der Waals surface area contributed by atoms with E-state index < -0.39 is 6.04 Å². The number of carbonyl (C=O) groups is 2. The Bertz CT molecular complexity index is 856. The molecule has 154 valence electrons. The predicted octanol–water partition coefficient (Wildman–Crippen LogP) is 3.06. The summed E-state index contributed by atoms with van der Waals surface area (Å²) >= 11 is 0. The molecule has 7 heteroatoms. The Hall–Kier alpha value is -3.09. The van der Waals surface area contributed by atoms with Crippen LogP contribution in [0.4, 0.5) is 4.39 Å². The summed E-state index contributed by atoms with van der Waals surface area (Å²) in [5.74, 6) is -0.264. The van der Waals surface area contributed by atoms with Crippen LogP contribution < -0.4 is 4.74 Å². The Labute approximate surface area is 169 Å². The number of carbonyl (C=O) groups excluding carboxylic acids is 2. The standard InChI is InChI=1S/C22H25FN2O4/c1-24(13-5-15-29-17-11-9-16(23)10-12-17)22(28)19-7-4-14-25(19)21(27)18-6-2-3-8-20(18)26/h2-3,6,8-12,19,26H,4-5,7,13-15H2,1H3. The lowest BCUT2D eigenvalue weighted by molar-refractivity contribution is -0.134. The monoisotopic (exact) mass is 400 g/mol. The van der Waals surface area contributed by atoms with Gasteiger partial charge in [-0.2, -0.15) is 0 Å². The molecule has 0 aliphatic carbocycles. The number of ether oxygens (including phenoxy) is 1. The van der Waals surface area contributed by atoms with Crippen LogP contribution in [-0.4, -0.2) is 59.5 Å². The van der Waals surface area contributed by atoms with Crippen molar-refractivity contribution in [2.24, 2.45) is 0 Å². The zero-order valence-electron chi connectivity index (χ0n) is 16.4. The van der Waals surface area contributed by atoms with Crippen LogP contribution in [0.1, 0.15) is 29.6 Å². The van der Waals surface area contributed by atoms with Crippen molar-refractivity contribution in [2.75, 3.05) is 26.7 Å². The highest BCUT2D eigenvalue weighted by Gasteiger charge is 2.36. The van der Waals surface area contributed by atoms with E-state index in [0.29, 0.717) is 38.3 Å².